The van der Waals surface area contributed by atoms with Crippen molar-refractivity contribution in [2.45, 2.75) is 84.7 Å². The number of nitrogens with zero attached hydrogens (tertiary/aromatic N) is 1. The van der Waals surface area contributed by atoms with Crippen LogP contribution in [0.5, 0.6) is 0 Å². The Labute approximate surface area is 140 Å². The topological polar surface area (TPSA) is 40.5 Å². The van der Waals surface area contributed by atoms with Crippen molar-refractivity contribution in [3.8, 4) is 0 Å². The second-order valence-corrected chi connectivity index (χ2v) is 7.78. The summed E-state index contributed by atoms with van der Waals surface area (Å²) in [5.41, 5.74) is 4.80. The van der Waals surface area contributed by atoms with Gasteiger partial charge in [0.1, 0.15) is 6.04 Å². The summed E-state index contributed by atoms with van der Waals surface area (Å²) < 4.78 is 0. The molecule has 0 unspecified atom stereocenters. The minimum absolute atomic E-state index is 0.148. The largest absolute Gasteiger partial charge is 0.480 e. The Morgan fingerprint density at radius 2 is 1.96 bits per heavy atom. The molecular formula is C20H31NO2. The van der Waals surface area contributed by atoms with Crippen LogP contribution in [-0.2, 0) is 4.79 Å². The fourth-order valence-corrected chi connectivity index (χ4v) is 4.06. The number of fused-ring (bicyclic) bond motifs is 1. The average Bonchev–Trinajstić information content (AvgIpc) is 2.43. The quantitative estimate of drug-likeness (QED) is 0.827. The van der Waals surface area contributed by atoms with Gasteiger partial charge in [0.2, 0.25) is 0 Å². The molecule has 1 aromatic rings. The number of rotatable bonds is 5. The standard InChI is InChI=1S/C20H31NO2/c1-7-8-9-17(19(22)23)21-18-11-14(3)13(2)10-16(18)15(4)12-20(21,5)6/h10-11,15,17H,7-9,12H2,1-6H3,(H,22,23)/t15-,17-/m0/s1. The van der Waals surface area contributed by atoms with Crippen LogP contribution in [0.25, 0.3) is 0 Å². The van der Waals surface area contributed by atoms with Gasteiger partial charge in [-0.3, -0.25) is 0 Å². The summed E-state index contributed by atoms with van der Waals surface area (Å²) in [5, 5.41) is 9.86. The number of carboxylic acid groups (broad SMARTS) is 1. The molecule has 1 aromatic carbocycles. The molecule has 0 saturated carbocycles. The number of unbranched alkanes of at least 4 members (excludes halogenated alkanes) is 1. The number of anilines is 1. The molecule has 3 nitrogen and oxygen atoms in total. The van der Waals surface area contributed by atoms with E-state index in [1.54, 1.807) is 0 Å². The van der Waals surface area contributed by atoms with Crippen LogP contribution in [0.4, 0.5) is 5.69 Å². The molecule has 2 rings (SSSR count). The number of hydrogen-bond acceptors (Lipinski definition) is 2. The van der Waals surface area contributed by atoms with Gasteiger partial charge >= 0.3 is 5.97 Å². The van der Waals surface area contributed by atoms with Crippen molar-refractivity contribution in [3.05, 3.63) is 28.8 Å². The van der Waals surface area contributed by atoms with Crippen LogP contribution in [0.1, 0.15) is 76.0 Å². The summed E-state index contributed by atoms with van der Waals surface area (Å²) >= 11 is 0. The maximum Gasteiger partial charge on any atom is 0.326 e. The highest BCUT2D eigenvalue weighted by molar-refractivity contribution is 5.80. The summed E-state index contributed by atoms with van der Waals surface area (Å²) in [6.45, 7) is 13.0. The molecule has 1 aliphatic rings. The molecule has 0 amide bonds. The number of aryl methyl sites for hydroxylation is 2. The number of benzene rings is 1. The van der Waals surface area contributed by atoms with Gasteiger partial charge < -0.3 is 10.0 Å². The van der Waals surface area contributed by atoms with Crippen LogP contribution in [0, 0.1) is 13.8 Å². The number of hydrogen-bond donors (Lipinski definition) is 1. The number of carboxylic acids is 1. The van der Waals surface area contributed by atoms with Gasteiger partial charge in [0.15, 0.2) is 0 Å². The van der Waals surface area contributed by atoms with Crippen LogP contribution in [0.15, 0.2) is 12.1 Å². The van der Waals surface area contributed by atoms with Crippen molar-refractivity contribution in [2.75, 3.05) is 4.90 Å². The first-order valence-electron chi connectivity index (χ1n) is 8.82. The number of carbonyl (C=O) groups is 1. The van der Waals surface area contributed by atoms with Gasteiger partial charge in [-0.2, -0.15) is 0 Å². The lowest BCUT2D eigenvalue weighted by molar-refractivity contribution is -0.139. The molecule has 0 radical (unpaired) electrons. The Balaban J connectivity index is 2.58. The first-order valence-corrected chi connectivity index (χ1v) is 8.82. The molecule has 0 bridgehead atoms. The second kappa shape index (κ2) is 6.54. The summed E-state index contributed by atoms with van der Waals surface area (Å²) in [4.78, 5) is 14.2. The molecule has 1 N–H and O–H groups in total. The third kappa shape index (κ3) is 3.39. The van der Waals surface area contributed by atoms with Crippen LogP contribution in [-0.4, -0.2) is 22.7 Å². The second-order valence-electron chi connectivity index (χ2n) is 7.78. The lowest BCUT2D eigenvalue weighted by Crippen LogP contribution is -2.56. The fourth-order valence-electron chi connectivity index (χ4n) is 4.06. The van der Waals surface area contributed by atoms with E-state index in [9.17, 15) is 9.90 Å². The maximum absolute atomic E-state index is 12.0. The van der Waals surface area contributed by atoms with Gasteiger partial charge in [-0.25, -0.2) is 4.79 Å². The summed E-state index contributed by atoms with van der Waals surface area (Å²) in [6, 6.07) is 4.01. The average molecular weight is 317 g/mol. The normalized spacial score (nSPS) is 21.0. The highest BCUT2D eigenvalue weighted by Gasteiger charge is 2.42. The van der Waals surface area contributed by atoms with Gasteiger partial charge in [-0.1, -0.05) is 32.8 Å². The predicted molar refractivity (Wildman–Crippen MR) is 96.5 cm³/mol. The van der Waals surface area contributed by atoms with Gasteiger partial charge in [0.25, 0.3) is 0 Å². The van der Waals surface area contributed by atoms with Gasteiger partial charge in [0, 0.05) is 11.2 Å². The Morgan fingerprint density at radius 3 is 2.52 bits per heavy atom. The smallest absolute Gasteiger partial charge is 0.326 e. The van der Waals surface area contributed by atoms with E-state index in [4.69, 9.17) is 0 Å². The first-order chi connectivity index (χ1) is 10.7. The zero-order chi connectivity index (χ0) is 17.4. The van der Waals surface area contributed by atoms with Crippen molar-refractivity contribution in [1.82, 2.24) is 0 Å². The molecule has 1 aliphatic heterocycles. The Kier molecular flexibility index (Phi) is 5.07. The van der Waals surface area contributed by atoms with Crippen molar-refractivity contribution < 1.29 is 9.90 Å². The predicted octanol–water partition coefficient (Wildman–Crippen LogP) is 5.04. The lowest BCUT2D eigenvalue weighted by Gasteiger charge is -2.50. The Hall–Kier alpha value is -1.51. The van der Waals surface area contributed by atoms with E-state index in [1.165, 1.54) is 16.7 Å². The summed E-state index contributed by atoms with van der Waals surface area (Å²) in [5.74, 6) is -0.249. The summed E-state index contributed by atoms with van der Waals surface area (Å²) in [6.07, 6.45) is 3.65. The van der Waals surface area contributed by atoms with Crippen LogP contribution in [0.3, 0.4) is 0 Å². The van der Waals surface area contributed by atoms with Gasteiger partial charge in [-0.15, -0.1) is 0 Å². The number of aliphatic carboxylic acids is 1. The van der Waals surface area contributed by atoms with Gasteiger partial charge in [0.05, 0.1) is 0 Å². The third-order valence-corrected chi connectivity index (χ3v) is 5.32. The minimum atomic E-state index is -0.703. The van der Waals surface area contributed by atoms with E-state index in [1.807, 2.05) is 0 Å². The Bertz CT molecular complexity index is 592. The van der Waals surface area contributed by atoms with Crippen molar-refractivity contribution in [2.24, 2.45) is 0 Å². The van der Waals surface area contributed by atoms with Gasteiger partial charge in [-0.05, 0) is 69.2 Å². The van der Waals surface area contributed by atoms with Crippen LogP contribution < -0.4 is 4.90 Å². The monoisotopic (exact) mass is 317 g/mol. The van der Waals surface area contributed by atoms with E-state index in [0.717, 1.165) is 24.9 Å². The molecule has 128 valence electrons. The van der Waals surface area contributed by atoms with E-state index >= 15 is 0 Å². The molecule has 0 saturated heterocycles. The fraction of sp³-hybridized carbons (Fsp3) is 0.650. The van der Waals surface area contributed by atoms with Crippen molar-refractivity contribution in [1.29, 1.82) is 0 Å². The molecule has 23 heavy (non-hydrogen) atoms. The lowest BCUT2D eigenvalue weighted by atomic mass is 9.77. The molecule has 0 fully saturated rings. The van der Waals surface area contributed by atoms with E-state index < -0.39 is 12.0 Å². The maximum atomic E-state index is 12.0. The Morgan fingerprint density at radius 1 is 1.35 bits per heavy atom. The van der Waals surface area contributed by atoms with E-state index in [0.29, 0.717) is 12.3 Å². The highest BCUT2D eigenvalue weighted by atomic mass is 16.4. The molecule has 3 heteroatoms. The van der Waals surface area contributed by atoms with E-state index in [2.05, 4.69) is 58.6 Å². The minimum Gasteiger partial charge on any atom is -0.480 e. The molecular weight excluding hydrogens is 286 g/mol. The molecule has 0 aromatic heterocycles. The molecule has 2 atom stereocenters. The molecule has 1 heterocycles. The molecule has 0 aliphatic carbocycles. The molecule has 0 spiro atoms. The van der Waals surface area contributed by atoms with E-state index in [-0.39, 0.29) is 5.54 Å². The zero-order valence-corrected chi connectivity index (χ0v) is 15.4. The van der Waals surface area contributed by atoms with Crippen molar-refractivity contribution >= 4 is 11.7 Å². The third-order valence-electron chi connectivity index (χ3n) is 5.32. The highest BCUT2D eigenvalue weighted by Crippen LogP contribution is 2.45. The van der Waals surface area contributed by atoms with Crippen molar-refractivity contribution in [3.63, 3.8) is 0 Å². The first kappa shape index (κ1) is 17.8. The van der Waals surface area contributed by atoms with Crippen LogP contribution >= 0.6 is 0 Å². The zero-order valence-electron chi connectivity index (χ0n) is 15.4. The summed E-state index contributed by atoms with van der Waals surface area (Å²) in [7, 11) is 0. The van der Waals surface area contributed by atoms with Crippen LogP contribution in [0.2, 0.25) is 0 Å². The SMILES string of the molecule is CCCC[C@@H](C(=O)O)N1c2cc(C)c(C)cc2[C@@H](C)CC1(C)C.